The second-order valence-electron chi connectivity index (χ2n) is 1.59. The number of carbonyl (C=O) groups is 2. The van der Waals surface area contributed by atoms with Crippen molar-refractivity contribution in [1.29, 1.82) is 0 Å². The third-order valence-electron chi connectivity index (χ3n) is 0.585. The summed E-state index contributed by atoms with van der Waals surface area (Å²) in [4.78, 5) is 20.3. The van der Waals surface area contributed by atoms with Gasteiger partial charge in [0.25, 0.3) is 0 Å². The third kappa shape index (κ3) is 6.85. The second kappa shape index (κ2) is 6.45. The van der Waals surface area contributed by atoms with Gasteiger partial charge in [-0.3, -0.25) is 4.79 Å². The number of aliphatic hydroxyl groups is 1. The summed E-state index contributed by atoms with van der Waals surface area (Å²) in [7, 11) is 0. The predicted molar refractivity (Wildman–Crippen MR) is 29.6 cm³/mol. The van der Waals surface area contributed by atoms with Gasteiger partial charge in [-0.1, -0.05) is 0 Å². The van der Waals surface area contributed by atoms with Crippen LogP contribution in [0.25, 0.3) is 0 Å². The van der Waals surface area contributed by atoms with Crippen molar-refractivity contribution in [2.45, 2.75) is 20.0 Å². The summed E-state index contributed by atoms with van der Waals surface area (Å²) in [6.45, 7) is 2.32. The summed E-state index contributed by atoms with van der Waals surface area (Å²) in [6.07, 6.45) is -1.23. The zero-order valence-electron chi connectivity index (χ0n) is 7.25. The molecule has 0 saturated heterocycles. The van der Waals surface area contributed by atoms with E-state index in [1.165, 1.54) is 6.92 Å². The molecule has 0 amide bonds. The van der Waals surface area contributed by atoms with E-state index in [0.717, 1.165) is 6.92 Å². The van der Waals surface area contributed by atoms with Crippen molar-refractivity contribution in [2.24, 2.45) is 0 Å². The molecule has 5 heteroatoms. The Kier molecular flexibility index (Phi) is 8.60. The number of ether oxygens (including phenoxy) is 1. The van der Waals surface area contributed by atoms with Crippen LogP contribution in [0.15, 0.2) is 0 Å². The van der Waals surface area contributed by atoms with E-state index in [1.54, 1.807) is 0 Å². The Labute approximate surface area is 103 Å². The van der Waals surface area contributed by atoms with Crippen LogP contribution < -0.4 is 51.4 Å². The minimum Gasteiger partial charge on any atom is -1.00 e. The van der Waals surface area contributed by atoms with Crippen molar-refractivity contribution < 1.29 is 72.2 Å². The molecule has 0 aliphatic carbocycles. The van der Waals surface area contributed by atoms with Crippen LogP contribution in [0.2, 0.25) is 0 Å². The van der Waals surface area contributed by atoms with Gasteiger partial charge in [-0.15, -0.1) is 0 Å². The van der Waals surface area contributed by atoms with E-state index in [0.29, 0.717) is 0 Å². The van der Waals surface area contributed by atoms with Crippen LogP contribution in [0, 0.1) is 0 Å². The van der Waals surface area contributed by atoms with E-state index in [2.05, 4.69) is 4.74 Å². The summed E-state index contributed by atoms with van der Waals surface area (Å²) in [5.41, 5.74) is 0. The Hall–Kier alpha value is 0.736. The summed E-state index contributed by atoms with van der Waals surface area (Å²) < 4.78 is 3.98. The first-order valence-electron chi connectivity index (χ1n) is 2.44. The second-order valence-corrected chi connectivity index (χ2v) is 1.59. The van der Waals surface area contributed by atoms with Gasteiger partial charge in [-0.2, -0.15) is 0 Å². The molecule has 1 atom stereocenters. The first-order valence-corrected chi connectivity index (χ1v) is 2.44. The number of esters is 2. The van der Waals surface area contributed by atoms with Gasteiger partial charge < -0.3 is 11.3 Å². The smallest absolute Gasteiger partial charge is 1.00 e. The van der Waals surface area contributed by atoms with Crippen molar-refractivity contribution >= 4 is 11.9 Å². The van der Waals surface area contributed by atoms with Gasteiger partial charge >= 0.3 is 63.3 Å². The van der Waals surface area contributed by atoms with Crippen molar-refractivity contribution in [2.75, 3.05) is 0 Å². The molecule has 0 aromatic heterocycles. The molecule has 0 heterocycles. The minimum absolute atomic E-state index is 0. The van der Waals surface area contributed by atoms with Gasteiger partial charge in [0.05, 0.1) is 0 Å². The van der Waals surface area contributed by atoms with Gasteiger partial charge in [-0.25, -0.2) is 4.79 Å². The first kappa shape index (κ1) is 13.3. The molecule has 0 aromatic carbocycles. The molecule has 0 fully saturated rings. The quantitative estimate of drug-likeness (QED) is 0.254. The van der Waals surface area contributed by atoms with Crippen molar-refractivity contribution in [3.05, 3.63) is 0 Å². The maximum absolute atomic E-state index is 10.3. The van der Waals surface area contributed by atoms with Gasteiger partial charge in [0.2, 0.25) is 0 Å². The molecule has 0 aliphatic heterocycles. The Morgan fingerprint density at radius 3 is 2.10 bits per heavy atom. The van der Waals surface area contributed by atoms with Crippen molar-refractivity contribution in [3.63, 3.8) is 0 Å². The zero-order chi connectivity index (χ0) is 7.44. The van der Waals surface area contributed by atoms with Gasteiger partial charge in [0.15, 0.2) is 0 Å². The standard InChI is InChI=1S/C5H8O4.K.H/c1-3(6)5(8)9-4(2)7;;/h3,6H,1-2H3;;/q;+1;-1. The summed E-state index contributed by atoms with van der Waals surface area (Å²) in [5.74, 6) is -1.62. The molecule has 0 aliphatic rings. The fraction of sp³-hybridized carbons (Fsp3) is 0.600. The van der Waals surface area contributed by atoms with Gasteiger partial charge in [0.1, 0.15) is 6.10 Å². The van der Waals surface area contributed by atoms with E-state index < -0.39 is 18.0 Å². The predicted octanol–water partition coefficient (Wildman–Crippen LogP) is -3.43. The van der Waals surface area contributed by atoms with Crippen molar-refractivity contribution in [3.8, 4) is 0 Å². The molecular formula is C5H9KO4. The SMILES string of the molecule is CC(=O)OC(=O)C(C)O.[H-].[K+]. The molecule has 0 aromatic rings. The van der Waals surface area contributed by atoms with Gasteiger partial charge in [-0.05, 0) is 6.92 Å². The molecule has 54 valence electrons. The molecule has 0 spiro atoms. The Bertz CT molecular complexity index is 136. The van der Waals surface area contributed by atoms with Crippen LogP contribution in [0.3, 0.4) is 0 Å². The van der Waals surface area contributed by atoms with Crippen LogP contribution >= 0.6 is 0 Å². The van der Waals surface area contributed by atoms with E-state index in [9.17, 15) is 9.59 Å². The normalized spacial score (nSPS) is 11.1. The molecule has 0 radical (unpaired) electrons. The number of rotatable bonds is 1. The van der Waals surface area contributed by atoms with E-state index in [-0.39, 0.29) is 52.8 Å². The number of hydrogen-bond acceptors (Lipinski definition) is 4. The van der Waals surface area contributed by atoms with Crippen LogP contribution in [0.1, 0.15) is 15.3 Å². The molecule has 4 nitrogen and oxygen atoms in total. The Morgan fingerprint density at radius 1 is 1.60 bits per heavy atom. The average molecular weight is 172 g/mol. The van der Waals surface area contributed by atoms with Crippen LogP contribution in [-0.2, 0) is 14.3 Å². The summed E-state index contributed by atoms with van der Waals surface area (Å²) in [6, 6.07) is 0. The molecule has 10 heavy (non-hydrogen) atoms. The summed E-state index contributed by atoms with van der Waals surface area (Å²) >= 11 is 0. The Balaban J connectivity index is -0.000000320. The molecule has 0 saturated carbocycles. The molecular weight excluding hydrogens is 163 g/mol. The van der Waals surface area contributed by atoms with E-state index in [4.69, 9.17) is 5.11 Å². The number of aliphatic hydroxyl groups excluding tert-OH is 1. The van der Waals surface area contributed by atoms with E-state index in [1.807, 2.05) is 0 Å². The average Bonchev–Trinajstić information content (AvgIpc) is 1.63. The maximum Gasteiger partial charge on any atom is 1.00 e. The molecule has 1 unspecified atom stereocenters. The van der Waals surface area contributed by atoms with Crippen molar-refractivity contribution in [1.82, 2.24) is 0 Å². The van der Waals surface area contributed by atoms with Crippen LogP contribution in [-0.4, -0.2) is 23.1 Å². The van der Waals surface area contributed by atoms with Gasteiger partial charge in [0, 0.05) is 6.92 Å². The number of hydrogen-bond donors (Lipinski definition) is 1. The zero-order valence-corrected chi connectivity index (χ0v) is 9.37. The van der Waals surface area contributed by atoms with Crippen LogP contribution in [0.4, 0.5) is 0 Å². The largest absolute Gasteiger partial charge is 1.00 e. The fourth-order valence-corrected chi connectivity index (χ4v) is 0.227. The fourth-order valence-electron chi connectivity index (χ4n) is 0.227. The third-order valence-corrected chi connectivity index (χ3v) is 0.585. The minimum atomic E-state index is -1.23. The van der Waals surface area contributed by atoms with E-state index >= 15 is 0 Å². The molecule has 1 N–H and O–H groups in total. The monoisotopic (exact) mass is 172 g/mol. The topological polar surface area (TPSA) is 63.6 Å². The van der Waals surface area contributed by atoms with Crippen LogP contribution in [0.5, 0.6) is 0 Å². The molecule has 0 bridgehead atoms. The summed E-state index contributed by atoms with van der Waals surface area (Å²) in [5, 5.41) is 8.44. The Morgan fingerprint density at radius 2 is 2.00 bits per heavy atom. The number of carbonyl (C=O) groups excluding carboxylic acids is 2. The molecule has 0 rings (SSSR count). The first-order chi connectivity index (χ1) is 4.04. The maximum atomic E-state index is 10.3.